The molecule has 0 radical (unpaired) electrons. The van der Waals surface area contributed by atoms with Gasteiger partial charge in [0.25, 0.3) is 0 Å². The summed E-state index contributed by atoms with van der Waals surface area (Å²) in [7, 11) is 0. The monoisotopic (exact) mass is 264 g/mol. The van der Waals surface area contributed by atoms with Crippen molar-refractivity contribution in [2.75, 3.05) is 30.3 Å². The summed E-state index contributed by atoms with van der Waals surface area (Å²) in [5, 5.41) is 0. The predicted molar refractivity (Wildman–Crippen MR) is 79.6 cm³/mol. The van der Waals surface area contributed by atoms with Crippen molar-refractivity contribution in [2.45, 2.75) is 33.6 Å². The summed E-state index contributed by atoms with van der Waals surface area (Å²) in [5.41, 5.74) is 8.18. The Morgan fingerprint density at radius 3 is 2.58 bits per heavy atom. The number of nitrogens with zero attached hydrogens (tertiary/aromatic N) is 1. The summed E-state index contributed by atoms with van der Waals surface area (Å²) in [6.07, 6.45) is 2.28. The van der Waals surface area contributed by atoms with Crippen LogP contribution in [0.2, 0.25) is 0 Å². The van der Waals surface area contributed by atoms with Crippen LogP contribution < -0.4 is 10.6 Å². The minimum absolute atomic E-state index is 0.322. The topological polar surface area (TPSA) is 55.6 Å². The molecule has 4 heteroatoms. The molecule has 1 rings (SSSR count). The van der Waals surface area contributed by atoms with Gasteiger partial charge in [-0.15, -0.1) is 0 Å². The molecule has 0 aromatic heterocycles. The van der Waals surface area contributed by atoms with Crippen molar-refractivity contribution in [3.63, 3.8) is 0 Å². The van der Waals surface area contributed by atoms with Gasteiger partial charge in [-0.1, -0.05) is 13.3 Å². The minimum atomic E-state index is -0.322. The second-order valence-corrected chi connectivity index (χ2v) is 4.43. The van der Waals surface area contributed by atoms with Gasteiger partial charge in [-0.3, -0.25) is 0 Å². The number of hydrogen-bond acceptors (Lipinski definition) is 4. The molecule has 0 unspecified atom stereocenters. The van der Waals surface area contributed by atoms with E-state index < -0.39 is 0 Å². The molecule has 0 heterocycles. The molecule has 1 aromatic carbocycles. The standard InChI is InChI=1S/C15H24N2O2/c1-4-7-10-17(5-2)14-9-8-12(11-13(14)16)15(18)19-6-3/h8-9,11H,4-7,10,16H2,1-3H3. The van der Waals surface area contributed by atoms with Gasteiger partial charge in [0.15, 0.2) is 0 Å². The third kappa shape index (κ3) is 4.16. The third-order valence-corrected chi connectivity index (χ3v) is 3.04. The van der Waals surface area contributed by atoms with E-state index in [2.05, 4.69) is 18.7 Å². The molecule has 4 nitrogen and oxygen atoms in total. The lowest BCUT2D eigenvalue weighted by molar-refractivity contribution is 0.0526. The Hall–Kier alpha value is -1.71. The van der Waals surface area contributed by atoms with Crippen molar-refractivity contribution >= 4 is 17.3 Å². The summed E-state index contributed by atoms with van der Waals surface area (Å²) < 4.78 is 4.97. The molecule has 0 aliphatic heterocycles. The van der Waals surface area contributed by atoms with Crippen LogP contribution in [0.5, 0.6) is 0 Å². The Morgan fingerprint density at radius 2 is 2.05 bits per heavy atom. The number of hydrogen-bond donors (Lipinski definition) is 1. The van der Waals surface area contributed by atoms with Gasteiger partial charge in [0.05, 0.1) is 23.5 Å². The van der Waals surface area contributed by atoms with Crippen LogP contribution in [0.4, 0.5) is 11.4 Å². The summed E-state index contributed by atoms with van der Waals surface area (Å²) in [5.74, 6) is -0.322. The highest BCUT2D eigenvalue weighted by atomic mass is 16.5. The molecule has 0 amide bonds. The Morgan fingerprint density at radius 1 is 1.32 bits per heavy atom. The first-order valence-electron chi connectivity index (χ1n) is 6.95. The van der Waals surface area contributed by atoms with E-state index in [1.54, 1.807) is 19.1 Å². The van der Waals surface area contributed by atoms with Crippen LogP contribution in [-0.2, 0) is 4.74 Å². The molecule has 0 atom stereocenters. The predicted octanol–water partition coefficient (Wildman–Crippen LogP) is 3.07. The first-order chi connectivity index (χ1) is 9.13. The molecule has 106 valence electrons. The molecule has 0 aliphatic carbocycles. The molecule has 0 bridgehead atoms. The first kappa shape index (κ1) is 15.3. The molecule has 1 aromatic rings. The van der Waals surface area contributed by atoms with Crippen LogP contribution in [-0.4, -0.2) is 25.7 Å². The van der Waals surface area contributed by atoms with Crippen molar-refractivity contribution < 1.29 is 9.53 Å². The van der Waals surface area contributed by atoms with E-state index in [-0.39, 0.29) is 5.97 Å². The summed E-state index contributed by atoms with van der Waals surface area (Å²) in [6, 6.07) is 5.38. The van der Waals surface area contributed by atoms with Gasteiger partial charge < -0.3 is 15.4 Å². The van der Waals surface area contributed by atoms with Crippen LogP contribution in [0.3, 0.4) is 0 Å². The maximum Gasteiger partial charge on any atom is 0.338 e. The number of nitrogens with two attached hydrogens (primary N) is 1. The van der Waals surface area contributed by atoms with Crippen molar-refractivity contribution in [1.82, 2.24) is 0 Å². The zero-order chi connectivity index (χ0) is 14.3. The lowest BCUT2D eigenvalue weighted by Gasteiger charge is -2.24. The average molecular weight is 264 g/mol. The maximum atomic E-state index is 11.6. The van der Waals surface area contributed by atoms with Gasteiger partial charge in [0.2, 0.25) is 0 Å². The van der Waals surface area contributed by atoms with Gasteiger partial charge in [-0.05, 0) is 38.5 Å². The van der Waals surface area contributed by atoms with E-state index in [1.165, 1.54) is 0 Å². The average Bonchev–Trinajstić information content (AvgIpc) is 2.41. The highest BCUT2D eigenvalue weighted by Crippen LogP contribution is 2.25. The Bertz CT molecular complexity index is 419. The number of unbranched alkanes of at least 4 members (excludes halogenated alkanes) is 1. The fraction of sp³-hybridized carbons (Fsp3) is 0.533. The third-order valence-electron chi connectivity index (χ3n) is 3.04. The zero-order valence-corrected chi connectivity index (χ0v) is 12.1. The molecular formula is C15H24N2O2. The fourth-order valence-corrected chi connectivity index (χ4v) is 1.98. The van der Waals surface area contributed by atoms with Crippen molar-refractivity contribution in [3.05, 3.63) is 23.8 Å². The first-order valence-corrected chi connectivity index (χ1v) is 6.95. The number of carbonyl (C=O) groups excluding carboxylic acids is 1. The van der Waals surface area contributed by atoms with Crippen LogP contribution in [0.25, 0.3) is 0 Å². The van der Waals surface area contributed by atoms with Crippen LogP contribution in [0.15, 0.2) is 18.2 Å². The Labute approximate surface area is 115 Å². The summed E-state index contributed by atoms with van der Waals surface area (Å²) in [6.45, 7) is 8.32. The van der Waals surface area contributed by atoms with E-state index >= 15 is 0 Å². The number of carbonyl (C=O) groups is 1. The molecule has 0 saturated carbocycles. The molecule has 2 N–H and O–H groups in total. The molecule has 19 heavy (non-hydrogen) atoms. The number of rotatable bonds is 7. The highest BCUT2D eigenvalue weighted by Gasteiger charge is 2.12. The van der Waals surface area contributed by atoms with E-state index in [1.807, 2.05) is 6.07 Å². The van der Waals surface area contributed by atoms with E-state index in [4.69, 9.17) is 10.5 Å². The van der Waals surface area contributed by atoms with Crippen LogP contribution >= 0.6 is 0 Å². The quantitative estimate of drug-likeness (QED) is 0.607. The molecule has 0 aliphatic rings. The summed E-state index contributed by atoms with van der Waals surface area (Å²) >= 11 is 0. The zero-order valence-electron chi connectivity index (χ0n) is 12.1. The summed E-state index contributed by atoms with van der Waals surface area (Å²) in [4.78, 5) is 13.9. The van der Waals surface area contributed by atoms with Crippen LogP contribution in [0.1, 0.15) is 44.0 Å². The molecule has 0 fully saturated rings. The number of benzene rings is 1. The number of esters is 1. The Kier molecular flexibility index (Phi) is 6.19. The van der Waals surface area contributed by atoms with E-state index in [0.717, 1.165) is 31.6 Å². The fourth-order valence-electron chi connectivity index (χ4n) is 1.98. The van der Waals surface area contributed by atoms with Crippen LogP contribution in [0, 0.1) is 0 Å². The van der Waals surface area contributed by atoms with E-state index in [0.29, 0.717) is 17.9 Å². The second kappa shape index (κ2) is 7.67. The maximum absolute atomic E-state index is 11.6. The smallest absolute Gasteiger partial charge is 0.338 e. The normalized spacial score (nSPS) is 10.3. The number of nitrogen functional groups attached to an aromatic ring is 1. The molecular weight excluding hydrogens is 240 g/mol. The SMILES string of the molecule is CCCCN(CC)c1ccc(C(=O)OCC)cc1N. The highest BCUT2D eigenvalue weighted by molar-refractivity contribution is 5.92. The van der Waals surface area contributed by atoms with Crippen molar-refractivity contribution in [1.29, 1.82) is 0 Å². The lowest BCUT2D eigenvalue weighted by Crippen LogP contribution is -2.25. The number of ether oxygens (including phenoxy) is 1. The van der Waals surface area contributed by atoms with Crippen molar-refractivity contribution in [2.24, 2.45) is 0 Å². The van der Waals surface area contributed by atoms with Gasteiger partial charge >= 0.3 is 5.97 Å². The lowest BCUT2D eigenvalue weighted by atomic mass is 10.1. The van der Waals surface area contributed by atoms with E-state index in [9.17, 15) is 4.79 Å². The minimum Gasteiger partial charge on any atom is -0.462 e. The van der Waals surface area contributed by atoms with Gasteiger partial charge in [-0.25, -0.2) is 4.79 Å². The van der Waals surface area contributed by atoms with Gasteiger partial charge in [0.1, 0.15) is 0 Å². The number of anilines is 2. The van der Waals surface area contributed by atoms with Crippen molar-refractivity contribution in [3.8, 4) is 0 Å². The molecule has 0 spiro atoms. The van der Waals surface area contributed by atoms with Gasteiger partial charge in [-0.2, -0.15) is 0 Å². The molecule has 0 saturated heterocycles. The Balaban J connectivity index is 2.89. The van der Waals surface area contributed by atoms with Gasteiger partial charge in [0, 0.05) is 13.1 Å². The largest absolute Gasteiger partial charge is 0.462 e. The second-order valence-electron chi connectivity index (χ2n) is 4.43.